The van der Waals surface area contributed by atoms with Crippen molar-refractivity contribution in [2.24, 2.45) is 0 Å². The number of amides is 2. The average molecular weight is 273 g/mol. The zero-order valence-corrected chi connectivity index (χ0v) is 10.6. The third-order valence-electron chi connectivity index (χ3n) is 3.02. The van der Waals surface area contributed by atoms with Crippen molar-refractivity contribution in [3.63, 3.8) is 0 Å². The summed E-state index contributed by atoms with van der Waals surface area (Å²) in [7, 11) is 0. The molecule has 2 heterocycles. The van der Waals surface area contributed by atoms with Crippen LogP contribution in [0, 0.1) is 0 Å². The molecule has 0 N–H and O–H groups in total. The molecule has 2 aromatic rings. The van der Waals surface area contributed by atoms with Gasteiger partial charge in [-0.3, -0.25) is 19.5 Å². The van der Waals surface area contributed by atoms with Gasteiger partial charge in [0.25, 0.3) is 11.8 Å². The molecule has 0 saturated heterocycles. The number of hydrogen-bond donors (Lipinski definition) is 0. The van der Waals surface area contributed by atoms with Crippen LogP contribution in [0.2, 0.25) is 5.02 Å². The molecule has 0 bridgehead atoms. The van der Waals surface area contributed by atoms with E-state index in [1.807, 2.05) is 0 Å². The second-order valence-corrected chi connectivity index (χ2v) is 4.68. The summed E-state index contributed by atoms with van der Waals surface area (Å²) in [6, 6.07) is 8.28. The van der Waals surface area contributed by atoms with Crippen molar-refractivity contribution in [2.75, 3.05) is 0 Å². The highest BCUT2D eigenvalue weighted by molar-refractivity contribution is 6.32. The molecule has 1 aromatic heterocycles. The van der Waals surface area contributed by atoms with Gasteiger partial charge in [0.15, 0.2) is 0 Å². The number of fused-ring (bicyclic) bond motifs is 1. The lowest BCUT2D eigenvalue weighted by atomic mass is 10.1. The van der Waals surface area contributed by atoms with Gasteiger partial charge in [-0.15, -0.1) is 0 Å². The van der Waals surface area contributed by atoms with Crippen molar-refractivity contribution in [1.82, 2.24) is 9.88 Å². The number of carbonyl (C=O) groups excluding carboxylic acids is 2. The summed E-state index contributed by atoms with van der Waals surface area (Å²) in [6.45, 7) is 0.243. The van der Waals surface area contributed by atoms with E-state index in [-0.39, 0.29) is 18.4 Å². The Kier molecular flexibility index (Phi) is 2.80. The highest BCUT2D eigenvalue weighted by Gasteiger charge is 2.35. The predicted molar refractivity (Wildman–Crippen MR) is 69.9 cm³/mol. The molecule has 0 aliphatic carbocycles. The van der Waals surface area contributed by atoms with Gasteiger partial charge in [-0.2, -0.15) is 0 Å². The summed E-state index contributed by atoms with van der Waals surface area (Å²) in [5.41, 5.74) is 1.63. The van der Waals surface area contributed by atoms with E-state index in [0.29, 0.717) is 16.1 Å². The quantitative estimate of drug-likeness (QED) is 0.790. The lowest BCUT2D eigenvalue weighted by molar-refractivity contribution is 0.0642. The Balaban J connectivity index is 1.95. The molecule has 0 radical (unpaired) electrons. The molecule has 0 atom stereocenters. The van der Waals surface area contributed by atoms with Crippen LogP contribution in [0.4, 0.5) is 0 Å². The van der Waals surface area contributed by atoms with E-state index in [2.05, 4.69) is 4.98 Å². The third kappa shape index (κ3) is 2.00. The fraction of sp³-hybridized carbons (Fsp3) is 0.0714. The number of nitrogens with zero attached hydrogens (tertiary/aromatic N) is 2. The van der Waals surface area contributed by atoms with E-state index in [4.69, 9.17) is 11.6 Å². The number of aromatic nitrogens is 1. The number of pyridine rings is 1. The van der Waals surface area contributed by atoms with E-state index < -0.39 is 0 Å². The maximum atomic E-state index is 12.2. The Bertz CT molecular complexity index is 670. The summed E-state index contributed by atoms with van der Waals surface area (Å²) in [5, 5.41) is 0.450. The smallest absolute Gasteiger partial charge is 0.261 e. The maximum absolute atomic E-state index is 12.2. The average Bonchev–Trinajstić information content (AvgIpc) is 2.65. The van der Waals surface area contributed by atoms with Crippen LogP contribution in [0.3, 0.4) is 0 Å². The Morgan fingerprint density at radius 2 is 1.68 bits per heavy atom. The van der Waals surface area contributed by atoms with Crippen LogP contribution in [0.1, 0.15) is 26.3 Å². The molecule has 3 rings (SSSR count). The summed E-state index contributed by atoms with van der Waals surface area (Å²) in [4.78, 5) is 29.5. The molecule has 94 valence electrons. The first-order chi connectivity index (χ1) is 9.16. The molecular weight excluding hydrogens is 264 g/mol. The zero-order valence-electron chi connectivity index (χ0n) is 9.84. The Morgan fingerprint density at radius 3 is 2.42 bits per heavy atom. The first-order valence-corrected chi connectivity index (χ1v) is 6.09. The lowest BCUT2D eigenvalue weighted by Gasteiger charge is -2.13. The van der Waals surface area contributed by atoms with Crippen LogP contribution in [-0.2, 0) is 6.54 Å². The second-order valence-electron chi connectivity index (χ2n) is 4.24. The third-order valence-corrected chi connectivity index (χ3v) is 3.26. The first kappa shape index (κ1) is 11.9. The minimum absolute atomic E-state index is 0.243. The summed E-state index contributed by atoms with van der Waals surface area (Å²) in [5.74, 6) is -0.590. The van der Waals surface area contributed by atoms with Crippen LogP contribution in [0.25, 0.3) is 0 Å². The fourth-order valence-corrected chi connectivity index (χ4v) is 2.25. The maximum Gasteiger partial charge on any atom is 0.261 e. The zero-order chi connectivity index (χ0) is 13.4. The number of benzene rings is 1. The van der Waals surface area contributed by atoms with Crippen molar-refractivity contribution in [2.45, 2.75) is 6.54 Å². The topological polar surface area (TPSA) is 50.3 Å². The fourth-order valence-electron chi connectivity index (χ4n) is 2.08. The number of carbonyl (C=O) groups is 2. The molecule has 0 spiro atoms. The van der Waals surface area contributed by atoms with Crippen LogP contribution >= 0.6 is 11.6 Å². The van der Waals surface area contributed by atoms with E-state index in [1.165, 1.54) is 11.0 Å². The standard InChI is InChI=1S/C14H9ClN2O2/c15-10-1-2-11-12(7-10)14(19)17(13(11)18)8-9-3-5-16-6-4-9/h1-7H,8H2. The van der Waals surface area contributed by atoms with Crippen molar-refractivity contribution < 1.29 is 9.59 Å². The largest absolute Gasteiger partial charge is 0.270 e. The molecule has 0 saturated carbocycles. The van der Waals surface area contributed by atoms with E-state index in [1.54, 1.807) is 36.7 Å². The Labute approximate surface area is 114 Å². The molecular formula is C14H9ClN2O2. The van der Waals surface area contributed by atoms with Crippen LogP contribution in [0.15, 0.2) is 42.7 Å². The number of hydrogen-bond acceptors (Lipinski definition) is 3. The van der Waals surface area contributed by atoms with Gasteiger partial charge in [-0.1, -0.05) is 11.6 Å². The molecule has 19 heavy (non-hydrogen) atoms. The highest BCUT2D eigenvalue weighted by atomic mass is 35.5. The summed E-state index contributed by atoms with van der Waals surface area (Å²) < 4.78 is 0. The first-order valence-electron chi connectivity index (χ1n) is 5.71. The Morgan fingerprint density at radius 1 is 1.00 bits per heavy atom. The molecule has 1 aliphatic heterocycles. The predicted octanol–water partition coefficient (Wildman–Crippen LogP) is 2.53. The van der Waals surface area contributed by atoms with Gasteiger partial charge >= 0.3 is 0 Å². The van der Waals surface area contributed by atoms with Gasteiger partial charge in [-0.05, 0) is 35.9 Å². The Hall–Kier alpha value is -2.20. The van der Waals surface area contributed by atoms with Crippen molar-refractivity contribution in [3.8, 4) is 0 Å². The van der Waals surface area contributed by atoms with Gasteiger partial charge in [0.05, 0.1) is 17.7 Å². The molecule has 4 nitrogen and oxygen atoms in total. The van der Waals surface area contributed by atoms with Gasteiger partial charge in [-0.25, -0.2) is 0 Å². The molecule has 5 heteroatoms. The number of imide groups is 1. The minimum atomic E-state index is -0.306. The molecule has 0 fully saturated rings. The monoisotopic (exact) mass is 272 g/mol. The molecule has 1 aromatic carbocycles. The normalized spacial score (nSPS) is 13.8. The van der Waals surface area contributed by atoms with Gasteiger partial charge in [0.1, 0.15) is 0 Å². The number of halogens is 1. The van der Waals surface area contributed by atoms with Crippen LogP contribution < -0.4 is 0 Å². The van der Waals surface area contributed by atoms with Gasteiger partial charge in [0.2, 0.25) is 0 Å². The van der Waals surface area contributed by atoms with E-state index in [0.717, 1.165) is 5.56 Å². The molecule has 0 unspecified atom stereocenters. The van der Waals surface area contributed by atoms with Crippen molar-refractivity contribution >= 4 is 23.4 Å². The molecule has 1 aliphatic rings. The van der Waals surface area contributed by atoms with Crippen LogP contribution in [-0.4, -0.2) is 21.7 Å². The summed E-state index contributed by atoms with van der Waals surface area (Å²) in [6.07, 6.45) is 3.26. The van der Waals surface area contributed by atoms with Gasteiger partial charge < -0.3 is 0 Å². The SMILES string of the molecule is O=C1c2ccc(Cl)cc2C(=O)N1Cc1ccncc1. The lowest BCUT2D eigenvalue weighted by Crippen LogP contribution is -2.29. The van der Waals surface area contributed by atoms with Crippen LogP contribution in [0.5, 0.6) is 0 Å². The minimum Gasteiger partial charge on any atom is -0.270 e. The van der Waals surface area contributed by atoms with Crippen molar-refractivity contribution in [3.05, 3.63) is 64.4 Å². The van der Waals surface area contributed by atoms with Gasteiger partial charge in [0, 0.05) is 17.4 Å². The highest BCUT2D eigenvalue weighted by Crippen LogP contribution is 2.26. The van der Waals surface area contributed by atoms with E-state index in [9.17, 15) is 9.59 Å². The summed E-state index contributed by atoms with van der Waals surface area (Å²) >= 11 is 5.85. The second kappa shape index (κ2) is 4.48. The van der Waals surface area contributed by atoms with E-state index >= 15 is 0 Å². The van der Waals surface area contributed by atoms with Crippen molar-refractivity contribution in [1.29, 1.82) is 0 Å². The molecule has 2 amide bonds. The number of rotatable bonds is 2.